The van der Waals surface area contributed by atoms with Gasteiger partial charge >= 0.3 is 7.82 Å². The summed E-state index contributed by atoms with van der Waals surface area (Å²) in [5.41, 5.74) is 2.21. The van der Waals surface area contributed by atoms with E-state index in [1.54, 1.807) is 13.8 Å². The Labute approximate surface area is 116 Å². The fourth-order valence-corrected chi connectivity index (χ4v) is 3.49. The summed E-state index contributed by atoms with van der Waals surface area (Å²) in [6.45, 7) is 12.1. The largest absolute Gasteiger partial charge is 0.475 e. The Bertz CT molecular complexity index is 379. The second kappa shape index (κ2) is 7.39. The van der Waals surface area contributed by atoms with Gasteiger partial charge in [-0.2, -0.15) is 0 Å². The van der Waals surface area contributed by atoms with Gasteiger partial charge in [0.2, 0.25) is 0 Å². The zero-order chi connectivity index (χ0) is 14.5. The van der Waals surface area contributed by atoms with Crippen molar-refractivity contribution in [3.63, 3.8) is 0 Å². The third-order valence-electron chi connectivity index (χ3n) is 3.26. The van der Waals surface area contributed by atoms with Gasteiger partial charge < -0.3 is 0 Å². The van der Waals surface area contributed by atoms with Crippen LogP contribution in [0.5, 0.6) is 0 Å². The van der Waals surface area contributed by atoms with Crippen molar-refractivity contribution >= 4 is 7.82 Å². The van der Waals surface area contributed by atoms with E-state index in [1.807, 2.05) is 13.8 Å². The van der Waals surface area contributed by atoms with E-state index in [9.17, 15) is 4.57 Å². The molecule has 0 N–H and O–H groups in total. The van der Waals surface area contributed by atoms with Crippen molar-refractivity contribution < 1.29 is 18.1 Å². The van der Waals surface area contributed by atoms with Crippen LogP contribution >= 0.6 is 7.82 Å². The zero-order valence-electron chi connectivity index (χ0n) is 12.3. The third-order valence-corrected chi connectivity index (χ3v) is 4.92. The molecule has 0 saturated carbocycles. The Morgan fingerprint density at radius 3 is 2.47 bits per heavy atom. The molecule has 1 aliphatic rings. The van der Waals surface area contributed by atoms with Gasteiger partial charge in [-0.15, -0.1) is 0 Å². The van der Waals surface area contributed by atoms with Crippen molar-refractivity contribution in [2.75, 3.05) is 13.2 Å². The molecule has 5 heteroatoms. The topological polar surface area (TPSA) is 44.8 Å². The number of rotatable bonds is 7. The molecular formula is C14H25O4P. The molecule has 1 rings (SSSR count). The molecule has 0 heterocycles. The third kappa shape index (κ3) is 4.88. The minimum atomic E-state index is -3.45. The standard InChI is InChI=1S/C14H25O4P/c1-6-16-19(15,17-7-2)18-14-10-13(11(3)4)9-8-12(14)5/h8,13-14H,3,6-7,9-10H2,1-2,4-5H3/t13-,14-/m0/s1. The fourth-order valence-electron chi connectivity index (χ4n) is 2.10. The first kappa shape index (κ1) is 16.6. The molecule has 0 aromatic heterocycles. The van der Waals surface area contributed by atoms with Gasteiger partial charge in [0.05, 0.1) is 19.3 Å². The van der Waals surface area contributed by atoms with Gasteiger partial charge in [-0.25, -0.2) is 4.57 Å². The predicted molar refractivity (Wildman–Crippen MR) is 77.0 cm³/mol. The molecule has 0 fully saturated rings. The van der Waals surface area contributed by atoms with Gasteiger partial charge in [0.15, 0.2) is 0 Å². The number of hydrogen-bond donors (Lipinski definition) is 0. The summed E-state index contributed by atoms with van der Waals surface area (Å²) in [5.74, 6) is 0.366. The van der Waals surface area contributed by atoms with Crippen LogP contribution in [0.4, 0.5) is 0 Å². The van der Waals surface area contributed by atoms with Crippen LogP contribution in [0.2, 0.25) is 0 Å². The van der Waals surface area contributed by atoms with E-state index in [2.05, 4.69) is 12.7 Å². The van der Waals surface area contributed by atoms with Crippen LogP contribution in [0, 0.1) is 5.92 Å². The fraction of sp³-hybridized carbons (Fsp3) is 0.714. The van der Waals surface area contributed by atoms with Crippen LogP contribution in [0.1, 0.15) is 40.5 Å². The van der Waals surface area contributed by atoms with E-state index >= 15 is 0 Å². The molecule has 0 amide bonds. The maximum absolute atomic E-state index is 12.4. The minimum Gasteiger partial charge on any atom is -0.287 e. The number of phosphoric ester groups is 1. The summed E-state index contributed by atoms with van der Waals surface area (Å²) in [7, 11) is -3.45. The maximum Gasteiger partial charge on any atom is 0.475 e. The molecule has 0 aromatic carbocycles. The summed E-state index contributed by atoms with van der Waals surface area (Å²) in [6.07, 6.45) is 3.64. The molecule has 4 nitrogen and oxygen atoms in total. The summed E-state index contributed by atoms with van der Waals surface area (Å²) < 4.78 is 28.4. The second-order valence-electron chi connectivity index (χ2n) is 4.84. The van der Waals surface area contributed by atoms with Crippen molar-refractivity contribution in [1.29, 1.82) is 0 Å². The van der Waals surface area contributed by atoms with Crippen molar-refractivity contribution in [3.8, 4) is 0 Å². The SMILES string of the molecule is C=C(C)[C@H]1CC=C(C)[C@@H](OP(=O)(OCC)OCC)C1. The normalized spacial score (nSPS) is 24.1. The van der Waals surface area contributed by atoms with Gasteiger partial charge in [-0.1, -0.05) is 18.2 Å². The molecule has 0 radical (unpaired) electrons. The number of phosphoric acid groups is 1. The predicted octanol–water partition coefficient (Wildman–Crippen LogP) is 4.49. The Morgan fingerprint density at radius 1 is 1.42 bits per heavy atom. The first-order valence-electron chi connectivity index (χ1n) is 6.81. The van der Waals surface area contributed by atoms with Crippen LogP contribution in [0.25, 0.3) is 0 Å². The van der Waals surface area contributed by atoms with Gasteiger partial charge in [0, 0.05) is 0 Å². The van der Waals surface area contributed by atoms with Crippen molar-refractivity contribution in [2.45, 2.75) is 46.6 Å². The molecule has 110 valence electrons. The molecule has 0 saturated heterocycles. The quantitative estimate of drug-likeness (QED) is 0.511. The minimum absolute atomic E-state index is 0.223. The second-order valence-corrected chi connectivity index (χ2v) is 6.46. The van der Waals surface area contributed by atoms with Crippen LogP contribution in [0.15, 0.2) is 23.8 Å². The smallest absolute Gasteiger partial charge is 0.287 e. The Kier molecular flexibility index (Phi) is 6.48. The van der Waals surface area contributed by atoms with Gasteiger partial charge in [0.25, 0.3) is 0 Å². The van der Waals surface area contributed by atoms with Crippen molar-refractivity contribution in [2.24, 2.45) is 5.92 Å². The highest BCUT2D eigenvalue weighted by molar-refractivity contribution is 7.48. The number of allylic oxidation sites excluding steroid dienone is 2. The summed E-state index contributed by atoms with van der Waals surface area (Å²) in [4.78, 5) is 0. The van der Waals surface area contributed by atoms with Crippen LogP contribution in [-0.4, -0.2) is 19.3 Å². The highest BCUT2D eigenvalue weighted by atomic mass is 31.2. The van der Waals surface area contributed by atoms with E-state index in [0.717, 1.165) is 24.0 Å². The molecule has 0 spiro atoms. The molecule has 19 heavy (non-hydrogen) atoms. The van der Waals surface area contributed by atoms with Crippen molar-refractivity contribution in [1.82, 2.24) is 0 Å². The summed E-state index contributed by atoms with van der Waals surface area (Å²) in [6, 6.07) is 0. The van der Waals surface area contributed by atoms with E-state index in [1.165, 1.54) is 0 Å². The lowest BCUT2D eigenvalue weighted by Crippen LogP contribution is -2.23. The first-order valence-corrected chi connectivity index (χ1v) is 8.27. The average molecular weight is 288 g/mol. The van der Waals surface area contributed by atoms with Crippen LogP contribution in [-0.2, 0) is 18.1 Å². The molecule has 0 aliphatic heterocycles. The lowest BCUT2D eigenvalue weighted by atomic mass is 9.84. The van der Waals surface area contributed by atoms with Crippen molar-refractivity contribution in [3.05, 3.63) is 23.8 Å². The van der Waals surface area contributed by atoms with Crippen LogP contribution in [0.3, 0.4) is 0 Å². The number of hydrogen-bond acceptors (Lipinski definition) is 4. The van der Waals surface area contributed by atoms with E-state index in [-0.39, 0.29) is 6.10 Å². The molecule has 0 bridgehead atoms. The summed E-state index contributed by atoms with van der Waals surface area (Å²) in [5, 5.41) is 0. The highest BCUT2D eigenvalue weighted by Crippen LogP contribution is 2.52. The molecular weight excluding hydrogens is 263 g/mol. The van der Waals surface area contributed by atoms with Gasteiger partial charge in [0.1, 0.15) is 0 Å². The van der Waals surface area contributed by atoms with Gasteiger partial charge in [-0.05, 0) is 52.0 Å². The zero-order valence-corrected chi connectivity index (χ0v) is 13.2. The Balaban J connectivity index is 2.77. The maximum atomic E-state index is 12.4. The Morgan fingerprint density at radius 2 is 2.00 bits per heavy atom. The lowest BCUT2D eigenvalue weighted by molar-refractivity contribution is 0.0859. The Hall–Kier alpha value is -0.410. The van der Waals surface area contributed by atoms with Crippen LogP contribution < -0.4 is 0 Å². The average Bonchev–Trinajstić information content (AvgIpc) is 2.32. The molecule has 0 aromatic rings. The molecule has 0 unspecified atom stereocenters. The monoisotopic (exact) mass is 288 g/mol. The first-order chi connectivity index (χ1) is 8.91. The van der Waals surface area contributed by atoms with Gasteiger partial charge in [-0.3, -0.25) is 13.6 Å². The lowest BCUT2D eigenvalue weighted by Gasteiger charge is -2.30. The van der Waals surface area contributed by atoms with E-state index in [4.69, 9.17) is 13.6 Å². The van der Waals surface area contributed by atoms with E-state index in [0.29, 0.717) is 19.1 Å². The molecule has 2 atom stereocenters. The molecule has 1 aliphatic carbocycles. The highest BCUT2D eigenvalue weighted by Gasteiger charge is 2.33. The summed E-state index contributed by atoms with van der Waals surface area (Å²) >= 11 is 0. The van der Waals surface area contributed by atoms with E-state index < -0.39 is 7.82 Å².